The van der Waals surface area contributed by atoms with Crippen molar-refractivity contribution in [3.8, 4) is 0 Å². The number of nitrogens with zero attached hydrogens (tertiary/aromatic N) is 2. The van der Waals surface area contributed by atoms with E-state index in [0.717, 1.165) is 0 Å². The molecule has 9 nitrogen and oxygen atoms in total. The predicted molar refractivity (Wildman–Crippen MR) is 111 cm³/mol. The Hall–Kier alpha value is -2.47. The number of ether oxygens (including phenoxy) is 2. The van der Waals surface area contributed by atoms with Crippen molar-refractivity contribution in [3.05, 3.63) is 48.2 Å². The Morgan fingerprint density at radius 1 is 1.23 bits per heavy atom. The molecule has 0 spiro atoms. The SMILES string of the molecule is CSc1ncccc1C(=O)OCC(=O)Nc1cccc(S(=O)(=O)N2CCOCC2)c1. The summed E-state index contributed by atoms with van der Waals surface area (Å²) >= 11 is 1.29. The third-order valence-electron chi connectivity index (χ3n) is 4.24. The van der Waals surface area contributed by atoms with Crippen LogP contribution in [0.15, 0.2) is 52.5 Å². The molecule has 1 aromatic carbocycles. The first-order valence-electron chi connectivity index (χ1n) is 9.06. The largest absolute Gasteiger partial charge is 0.452 e. The molecule has 0 atom stereocenters. The quantitative estimate of drug-likeness (QED) is 0.499. The molecule has 0 saturated carbocycles. The number of sulfonamides is 1. The number of hydrogen-bond acceptors (Lipinski definition) is 8. The van der Waals surface area contributed by atoms with Gasteiger partial charge in [0, 0.05) is 25.0 Å². The highest BCUT2D eigenvalue weighted by Gasteiger charge is 2.26. The molecule has 160 valence electrons. The summed E-state index contributed by atoms with van der Waals surface area (Å²) in [5.41, 5.74) is 0.563. The highest BCUT2D eigenvalue weighted by Crippen LogP contribution is 2.21. The lowest BCUT2D eigenvalue weighted by molar-refractivity contribution is -0.119. The van der Waals surface area contributed by atoms with Crippen LogP contribution in [0.5, 0.6) is 0 Å². The summed E-state index contributed by atoms with van der Waals surface area (Å²) in [5.74, 6) is -1.25. The molecule has 0 bridgehead atoms. The van der Waals surface area contributed by atoms with E-state index in [1.807, 2.05) is 0 Å². The highest BCUT2D eigenvalue weighted by atomic mass is 32.2. The van der Waals surface area contributed by atoms with Crippen LogP contribution in [0.4, 0.5) is 5.69 Å². The van der Waals surface area contributed by atoms with Gasteiger partial charge < -0.3 is 14.8 Å². The number of morpholine rings is 1. The molecule has 2 aromatic rings. The Bertz CT molecular complexity index is 1020. The third-order valence-corrected chi connectivity index (χ3v) is 6.85. The van der Waals surface area contributed by atoms with Gasteiger partial charge in [0.2, 0.25) is 10.0 Å². The first-order chi connectivity index (χ1) is 14.4. The Balaban J connectivity index is 1.62. The summed E-state index contributed by atoms with van der Waals surface area (Å²) in [5, 5.41) is 3.05. The van der Waals surface area contributed by atoms with Gasteiger partial charge in [-0.3, -0.25) is 4.79 Å². The fraction of sp³-hybridized carbons (Fsp3) is 0.316. The Kier molecular flexibility index (Phi) is 7.43. The minimum Gasteiger partial charge on any atom is -0.452 e. The predicted octanol–water partition coefficient (Wildman–Crippen LogP) is 1.62. The van der Waals surface area contributed by atoms with Crippen LogP contribution in [-0.4, -0.2) is 68.7 Å². The van der Waals surface area contributed by atoms with Crippen molar-refractivity contribution >= 4 is 39.3 Å². The Labute approximate surface area is 178 Å². The number of hydrogen-bond donors (Lipinski definition) is 1. The molecule has 30 heavy (non-hydrogen) atoms. The van der Waals surface area contributed by atoms with Gasteiger partial charge >= 0.3 is 5.97 Å². The summed E-state index contributed by atoms with van der Waals surface area (Å²) in [4.78, 5) is 28.5. The molecule has 2 heterocycles. The van der Waals surface area contributed by atoms with Gasteiger partial charge in [-0.25, -0.2) is 18.2 Å². The van der Waals surface area contributed by atoms with Gasteiger partial charge in [0.05, 0.1) is 23.7 Å². The molecule has 1 fully saturated rings. The fourth-order valence-corrected chi connectivity index (χ4v) is 4.78. The second-order valence-electron chi connectivity index (χ2n) is 6.23. The maximum Gasteiger partial charge on any atom is 0.341 e. The number of benzene rings is 1. The molecule has 0 radical (unpaired) electrons. The van der Waals surface area contributed by atoms with Gasteiger partial charge in [0.1, 0.15) is 5.03 Å². The molecule has 1 N–H and O–H groups in total. The van der Waals surface area contributed by atoms with Crippen LogP contribution in [0.2, 0.25) is 0 Å². The molecule has 1 saturated heterocycles. The first-order valence-corrected chi connectivity index (χ1v) is 11.7. The van der Waals surface area contributed by atoms with Crippen LogP contribution in [0.1, 0.15) is 10.4 Å². The van der Waals surface area contributed by atoms with Crippen molar-refractivity contribution in [2.24, 2.45) is 0 Å². The number of pyridine rings is 1. The van der Waals surface area contributed by atoms with E-state index in [-0.39, 0.29) is 29.2 Å². The number of carbonyl (C=O) groups is 2. The Morgan fingerprint density at radius 2 is 2.00 bits per heavy atom. The standard InChI is InChI=1S/C19H21N3O6S2/c1-29-18-16(6-3-7-20-18)19(24)28-13-17(23)21-14-4-2-5-15(12-14)30(25,26)22-8-10-27-11-9-22/h2-7,12H,8-11,13H2,1H3,(H,21,23). The normalized spacial score (nSPS) is 14.8. The highest BCUT2D eigenvalue weighted by molar-refractivity contribution is 7.98. The van der Waals surface area contributed by atoms with Crippen molar-refractivity contribution in [2.75, 3.05) is 44.5 Å². The number of nitrogens with one attached hydrogen (secondary N) is 1. The smallest absolute Gasteiger partial charge is 0.341 e. The van der Waals surface area contributed by atoms with Gasteiger partial charge in [-0.05, 0) is 36.6 Å². The lowest BCUT2D eigenvalue weighted by Crippen LogP contribution is -2.40. The van der Waals surface area contributed by atoms with Crippen LogP contribution in [0.25, 0.3) is 0 Å². The van der Waals surface area contributed by atoms with Gasteiger partial charge in [-0.2, -0.15) is 4.31 Å². The van der Waals surface area contributed by atoms with Gasteiger partial charge in [0.25, 0.3) is 5.91 Å². The summed E-state index contributed by atoms with van der Waals surface area (Å²) in [6.45, 7) is 0.733. The van der Waals surface area contributed by atoms with E-state index < -0.39 is 28.5 Å². The van der Waals surface area contributed by atoms with Crippen molar-refractivity contribution in [1.82, 2.24) is 9.29 Å². The minimum absolute atomic E-state index is 0.0687. The van der Waals surface area contributed by atoms with Crippen LogP contribution in [-0.2, 0) is 24.3 Å². The van der Waals surface area contributed by atoms with Gasteiger partial charge in [0.15, 0.2) is 6.61 Å². The second-order valence-corrected chi connectivity index (χ2v) is 8.96. The van der Waals surface area contributed by atoms with Crippen molar-refractivity contribution in [3.63, 3.8) is 0 Å². The molecular weight excluding hydrogens is 430 g/mol. The summed E-state index contributed by atoms with van der Waals surface area (Å²) in [7, 11) is -3.68. The van der Waals surface area contributed by atoms with Crippen molar-refractivity contribution in [1.29, 1.82) is 0 Å². The zero-order chi connectivity index (χ0) is 21.6. The van der Waals surface area contributed by atoms with Crippen LogP contribution >= 0.6 is 11.8 Å². The average Bonchev–Trinajstić information content (AvgIpc) is 2.78. The summed E-state index contributed by atoms with van der Waals surface area (Å²) in [6, 6.07) is 9.11. The van der Waals surface area contributed by atoms with E-state index in [1.54, 1.807) is 30.7 Å². The second kappa shape index (κ2) is 10.0. The molecular formula is C19H21N3O6S2. The number of anilines is 1. The monoisotopic (exact) mass is 451 g/mol. The fourth-order valence-electron chi connectivity index (χ4n) is 2.79. The lowest BCUT2D eigenvalue weighted by atomic mass is 10.3. The van der Waals surface area contributed by atoms with E-state index >= 15 is 0 Å². The molecule has 1 amide bonds. The Morgan fingerprint density at radius 3 is 2.73 bits per heavy atom. The van der Waals surface area contributed by atoms with E-state index in [4.69, 9.17) is 9.47 Å². The van der Waals surface area contributed by atoms with Crippen LogP contribution < -0.4 is 5.32 Å². The molecule has 1 aliphatic rings. The topological polar surface area (TPSA) is 115 Å². The number of carbonyl (C=O) groups excluding carboxylic acids is 2. The van der Waals surface area contributed by atoms with Crippen molar-refractivity contribution in [2.45, 2.75) is 9.92 Å². The zero-order valence-corrected chi connectivity index (χ0v) is 17.9. The number of thioether (sulfide) groups is 1. The van der Waals surface area contributed by atoms with E-state index in [9.17, 15) is 18.0 Å². The number of esters is 1. The van der Waals surface area contributed by atoms with Gasteiger partial charge in [-0.15, -0.1) is 11.8 Å². The molecule has 11 heteroatoms. The number of aromatic nitrogens is 1. The molecule has 3 rings (SSSR count). The van der Waals surface area contributed by atoms with Crippen LogP contribution in [0, 0.1) is 0 Å². The molecule has 0 aliphatic carbocycles. The third kappa shape index (κ3) is 5.36. The van der Waals surface area contributed by atoms with Crippen LogP contribution in [0.3, 0.4) is 0 Å². The maximum absolute atomic E-state index is 12.7. The average molecular weight is 452 g/mol. The molecule has 1 aromatic heterocycles. The number of amides is 1. The van der Waals surface area contributed by atoms with Crippen molar-refractivity contribution < 1.29 is 27.5 Å². The van der Waals surface area contributed by atoms with E-state index in [0.29, 0.717) is 18.2 Å². The minimum atomic E-state index is -3.68. The lowest BCUT2D eigenvalue weighted by Gasteiger charge is -2.26. The summed E-state index contributed by atoms with van der Waals surface area (Å²) < 4.78 is 37.1. The van der Waals surface area contributed by atoms with E-state index in [2.05, 4.69) is 10.3 Å². The number of rotatable bonds is 7. The van der Waals surface area contributed by atoms with E-state index in [1.165, 1.54) is 34.3 Å². The maximum atomic E-state index is 12.7. The zero-order valence-electron chi connectivity index (χ0n) is 16.2. The first kappa shape index (κ1) is 22.2. The molecule has 0 unspecified atom stereocenters. The van der Waals surface area contributed by atoms with Gasteiger partial charge in [-0.1, -0.05) is 6.07 Å². The summed E-state index contributed by atoms with van der Waals surface area (Å²) in [6.07, 6.45) is 3.34. The molecule has 1 aliphatic heterocycles.